The fourth-order valence-electron chi connectivity index (χ4n) is 4.29. The molecule has 0 aliphatic heterocycles. The van der Waals surface area contributed by atoms with E-state index < -0.39 is 0 Å². The first kappa shape index (κ1) is 14.7. The molecule has 1 heterocycles. The van der Waals surface area contributed by atoms with Crippen molar-refractivity contribution in [1.29, 1.82) is 0 Å². The van der Waals surface area contributed by atoms with E-state index in [9.17, 15) is 0 Å². The summed E-state index contributed by atoms with van der Waals surface area (Å²) in [4.78, 5) is 4.51. The van der Waals surface area contributed by atoms with Crippen LogP contribution >= 0.6 is 0 Å². The second-order valence-corrected chi connectivity index (χ2v) is 7.36. The van der Waals surface area contributed by atoms with Gasteiger partial charge in [0, 0.05) is 11.8 Å². The molecule has 0 saturated carbocycles. The van der Waals surface area contributed by atoms with Gasteiger partial charge in [-0.2, -0.15) is 0 Å². The second-order valence-electron chi connectivity index (χ2n) is 7.36. The number of fused-ring (bicyclic) bond motifs is 5. The molecular formula is C24H21N. The summed E-state index contributed by atoms with van der Waals surface area (Å²) in [5.41, 5.74) is 5.34. The minimum absolute atomic E-state index is 0.807. The molecule has 4 aromatic rings. The van der Waals surface area contributed by atoms with E-state index in [1.807, 2.05) is 18.3 Å². The van der Waals surface area contributed by atoms with Crippen LogP contribution in [0.2, 0.25) is 0 Å². The third-order valence-corrected chi connectivity index (χ3v) is 5.64. The lowest BCUT2D eigenvalue weighted by atomic mass is 9.82. The summed E-state index contributed by atoms with van der Waals surface area (Å²) in [6.07, 6.45) is 5.59. The van der Waals surface area contributed by atoms with E-state index in [1.54, 1.807) is 11.1 Å². The van der Waals surface area contributed by atoms with Crippen LogP contribution in [0.4, 0.5) is 0 Å². The quantitative estimate of drug-likeness (QED) is 0.381. The molecule has 1 aromatic heterocycles. The maximum atomic E-state index is 4.51. The Hall–Kier alpha value is -2.67. The Morgan fingerprint density at radius 2 is 1.76 bits per heavy atom. The Bertz CT molecular complexity index is 1080. The number of pyridine rings is 1. The smallest absolute Gasteiger partial charge is 0.0702 e. The van der Waals surface area contributed by atoms with Crippen LogP contribution in [0.15, 0.2) is 66.9 Å². The number of benzene rings is 3. The Balaban J connectivity index is 1.76. The Kier molecular flexibility index (Phi) is 3.34. The molecule has 122 valence electrons. The van der Waals surface area contributed by atoms with Crippen molar-refractivity contribution in [1.82, 2.24) is 4.98 Å². The molecule has 1 aliphatic rings. The highest BCUT2D eigenvalue weighted by Gasteiger charge is 2.17. The summed E-state index contributed by atoms with van der Waals surface area (Å²) in [7, 11) is 0. The predicted molar refractivity (Wildman–Crippen MR) is 106 cm³/mol. The third-order valence-electron chi connectivity index (χ3n) is 5.64. The molecule has 0 amide bonds. The Labute approximate surface area is 148 Å². The molecule has 0 saturated heterocycles. The molecule has 0 N–H and O–H groups in total. The molecular weight excluding hydrogens is 302 g/mol. The SMILES string of the molecule is CC1CCc2c(ccc3c2ccc2ccc(-c4ccccn4)cc23)C1. The number of aryl methyl sites for hydroxylation is 1. The molecule has 1 heteroatoms. The number of rotatable bonds is 1. The molecule has 5 rings (SSSR count). The topological polar surface area (TPSA) is 12.9 Å². The van der Waals surface area contributed by atoms with E-state index in [0.29, 0.717) is 0 Å². The first-order chi connectivity index (χ1) is 12.3. The van der Waals surface area contributed by atoms with Crippen molar-refractivity contribution in [3.05, 3.63) is 78.0 Å². The van der Waals surface area contributed by atoms with Gasteiger partial charge in [-0.3, -0.25) is 4.98 Å². The van der Waals surface area contributed by atoms with Gasteiger partial charge in [0.2, 0.25) is 0 Å². The van der Waals surface area contributed by atoms with Crippen molar-refractivity contribution in [2.24, 2.45) is 5.92 Å². The summed E-state index contributed by atoms with van der Waals surface area (Å²) < 4.78 is 0. The Morgan fingerprint density at radius 3 is 2.64 bits per heavy atom. The van der Waals surface area contributed by atoms with E-state index in [1.165, 1.54) is 46.4 Å². The van der Waals surface area contributed by atoms with Crippen LogP contribution in [-0.4, -0.2) is 4.98 Å². The van der Waals surface area contributed by atoms with Gasteiger partial charge in [-0.05, 0) is 76.1 Å². The lowest BCUT2D eigenvalue weighted by molar-refractivity contribution is 0.503. The van der Waals surface area contributed by atoms with Crippen molar-refractivity contribution in [3.63, 3.8) is 0 Å². The van der Waals surface area contributed by atoms with Crippen LogP contribution in [0.25, 0.3) is 32.8 Å². The van der Waals surface area contributed by atoms with Crippen molar-refractivity contribution in [2.45, 2.75) is 26.2 Å². The van der Waals surface area contributed by atoms with Crippen LogP contribution < -0.4 is 0 Å². The highest BCUT2D eigenvalue weighted by atomic mass is 14.7. The summed E-state index contributed by atoms with van der Waals surface area (Å²) in [6.45, 7) is 2.37. The molecule has 3 aromatic carbocycles. The highest BCUT2D eigenvalue weighted by Crippen LogP contribution is 2.35. The lowest BCUT2D eigenvalue weighted by Gasteiger charge is -2.23. The van der Waals surface area contributed by atoms with Gasteiger partial charge < -0.3 is 0 Å². The molecule has 0 bridgehead atoms. The minimum Gasteiger partial charge on any atom is -0.256 e. The van der Waals surface area contributed by atoms with Crippen molar-refractivity contribution in [2.75, 3.05) is 0 Å². The van der Waals surface area contributed by atoms with E-state index in [4.69, 9.17) is 0 Å². The molecule has 0 fully saturated rings. The van der Waals surface area contributed by atoms with Gasteiger partial charge in [-0.25, -0.2) is 0 Å². The summed E-state index contributed by atoms with van der Waals surface area (Å²) >= 11 is 0. The van der Waals surface area contributed by atoms with E-state index in [0.717, 1.165) is 11.6 Å². The standard InChI is InChI=1S/C24H21N/c1-16-5-10-20-18(14-16)9-12-22-21(20)11-8-17-6-7-19(15-23(17)22)24-4-2-3-13-25-24/h2-4,6-9,11-13,15-16H,5,10,14H2,1H3. The number of hydrogen-bond donors (Lipinski definition) is 0. The summed E-state index contributed by atoms with van der Waals surface area (Å²) in [5, 5.41) is 5.46. The van der Waals surface area contributed by atoms with Crippen LogP contribution in [0.1, 0.15) is 24.5 Å². The zero-order valence-corrected chi connectivity index (χ0v) is 14.5. The van der Waals surface area contributed by atoms with Crippen LogP contribution in [0, 0.1) is 5.92 Å². The van der Waals surface area contributed by atoms with Crippen LogP contribution in [-0.2, 0) is 12.8 Å². The average Bonchev–Trinajstić information content (AvgIpc) is 2.67. The molecule has 0 spiro atoms. The third kappa shape index (κ3) is 2.42. The second kappa shape index (κ2) is 5.70. The minimum atomic E-state index is 0.807. The van der Waals surface area contributed by atoms with Gasteiger partial charge in [-0.15, -0.1) is 0 Å². The summed E-state index contributed by atoms with van der Waals surface area (Å²) in [6, 6.07) is 22.1. The van der Waals surface area contributed by atoms with Gasteiger partial charge >= 0.3 is 0 Å². The number of hydrogen-bond acceptors (Lipinski definition) is 1. The molecule has 1 atom stereocenters. The number of aromatic nitrogens is 1. The first-order valence-corrected chi connectivity index (χ1v) is 9.18. The van der Waals surface area contributed by atoms with Crippen molar-refractivity contribution >= 4 is 21.5 Å². The van der Waals surface area contributed by atoms with Gasteiger partial charge in [0.1, 0.15) is 0 Å². The fourth-order valence-corrected chi connectivity index (χ4v) is 4.29. The summed E-state index contributed by atoms with van der Waals surface area (Å²) in [5.74, 6) is 0.807. The van der Waals surface area contributed by atoms with Crippen molar-refractivity contribution < 1.29 is 0 Å². The van der Waals surface area contributed by atoms with E-state index in [-0.39, 0.29) is 0 Å². The molecule has 1 unspecified atom stereocenters. The fraction of sp³-hybridized carbons (Fsp3) is 0.208. The maximum Gasteiger partial charge on any atom is 0.0702 e. The molecule has 1 nitrogen and oxygen atoms in total. The molecule has 25 heavy (non-hydrogen) atoms. The van der Waals surface area contributed by atoms with E-state index in [2.05, 4.69) is 60.4 Å². The van der Waals surface area contributed by atoms with Gasteiger partial charge in [0.25, 0.3) is 0 Å². The average molecular weight is 323 g/mol. The van der Waals surface area contributed by atoms with Crippen LogP contribution in [0.3, 0.4) is 0 Å². The largest absolute Gasteiger partial charge is 0.256 e. The Morgan fingerprint density at radius 1 is 0.880 bits per heavy atom. The highest BCUT2D eigenvalue weighted by molar-refractivity contribution is 6.09. The molecule has 1 aliphatic carbocycles. The zero-order chi connectivity index (χ0) is 16.8. The zero-order valence-electron chi connectivity index (χ0n) is 14.5. The lowest BCUT2D eigenvalue weighted by Crippen LogP contribution is -2.11. The van der Waals surface area contributed by atoms with Gasteiger partial charge in [0.05, 0.1) is 5.69 Å². The predicted octanol–water partition coefficient (Wildman–Crippen LogP) is 6.18. The normalized spacial score (nSPS) is 16.9. The van der Waals surface area contributed by atoms with Crippen LogP contribution in [0.5, 0.6) is 0 Å². The first-order valence-electron chi connectivity index (χ1n) is 9.18. The van der Waals surface area contributed by atoms with Crippen molar-refractivity contribution in [3.8, 4) is 11.3 Å². The van der Waals surface area contributed by atoms with Gasteiger partial charge in [-0.1, -0.05) is 49.4 Å². The number of nitrogens with zero attached hydrogens (tertiary/aromatic N) is 1. The maximum absolute atomic E-state index is 4.51. The molecule has 0 radical (unpaired) electrons. The van der Waals surface area contributed by atoms with E-state index >= 15 is 0 Å². The van der Waals surface area contributed by atoms with Gasteiger partial charge in [0.15, 0.2) is 0 Å². The monoisotopic (exact) mass is 323 g/mol.